The number of nitrogens with zero attached hydrogens (tertiary/aromatic N) is 3. The molecule has 2 N–H and O–H groups in total. The highest BCUT2D eigenvalue weighted by Gasteiger charge is 2.30. The van der Waals surface area contributed by atoms with Gasteiger partial charge in [-0.3, -0.25) is 9.79 Å². The summed E-state index contributed by atoms with van der Waals surface area (Å²) in [5, 5.41) is 11.9. The van der Waals surface area contributed by atoms with E-state index in [4.69, 9.17) is 14.9 Å². The maximum atomic E-state index is 13.6. The van der Waals surface area contributed by atoms with E-state index < -0.39 is 17.7 Å². The summed E-state index contributed by atoms with van der Waals surface area (Å²) in [7, 11) is 4.55. The fourth-order valence-corrected chi connectivity index (χ4v) is 3.21. The van der Waals surface area contributed by atoms with Gasteiger partial charge in [-0.1, -0.05) is 60.7 Å². The Bertz CT molecular complexity index is 1070. The molecule has 8 heteroatoms. The van der Waals surface area contributed by atoms with E-state index in [9.17, 15) is 4.79 Å². The average molecular weight is 431 g/mol. The van der Waals surface area contributed by atoms with Crippen LogP contribution < -0.4 is 14.8 Å². The van der Waals surface area contributed by atoms with Crippen LogP contribution in [0, 0.1) is 5.41 Å². The monoisotopic (exact) mass is 431 g/mol. The normalized spacial score (nSPS) is 12.7. The second-order valence-electron chi connectivity index (χ2n) is 6.84. The number of rotatable bonds is 10. The molecule has 2 aromatic carbocycles. The molecule has 1 aromatic heterocycles. The number of ketones is 1. The minimum Gasteiger partial charge on any atom is -0.481 e. The van der Waals surface area contributed by atoms with E-state index in [-0.39, 0.29) is 17.6 Å². The lowest BCUT2D eigenvalue weighted by Gasteiger charge is -2.22. The van der Waals surface area contributed by atoms with E-state index >= 15 is 0 Å². The van der Waals surface area contributed by atoms with Gasteiger partial charge in [0.05, 0.1) is 25.8 Å². The number of ether oxygens (including phenoxy) is 2. The second kappa shape index (κ2) is 10.8. The Hall–Kier alpha value is -4.07. The van der Waals surface area contributed by atoms with Crippen LogP contribution in [0.25, 0.3) is 0 Å². The first kappa shape index (κ1) is 22.6. The van der Waals surface area contributed by atoms with Crippen molar-refractivity contribution in [2.75, 3.05) is 26.6 Å². The van der Waals surface area contributed by atoms with Crippen LogP contribution in [0.1, 0.15) is 23.1 Å². The molecule has 0 radical (unpaired) electrons. The van der Waals surface area contributed by atoms with Gasteiger partial charge in [0, 0.05) is 19.3 Å². The predicted molar refractivity (Wildman–Crippen MR) is 124 cm³/mol. The summed E-state index contributed by atoms with van der Waals surface area (Å²) in [6, 6.07) is 19.4. The van der Waals surface area contributed by atoms with Crippen LogP contribution in [0.5, 0.6) is 11.9 Å². The Kier molecular flexibility index (Phi) is 7.64. The Morgan fingerprint density at radius 2 is 1.62 bits per heavy atom. The number of methoxy groups -OCH3 is 2. The molecule has 0 aliphatic carbocycles. The lowest BCUT2D eigenvalue weighted by atomic mass is 9.88. The zero-order valence-corrected chi connectivity index (χ0v) is 18.1. The third kappa shape index (κ3) is 5.34. The first-order chi connectivity index (χ1) is 15.6. The molecule has 1 heterocycles. The third-order valence-corrected chi connectivity index (χ3v) is 4.79. The minimum atomic E-state index is -0.857. The summed E-state index contributed by atoms with van der Waals surface area (Å²) in [5.41, 5.74) is 1.42. The Labute approximate surface area is 186 Å². The number of Topliss-reactive ketones (excluding diaryl/α,β-unsaturated/α-hetero) is 1. The zero-order valence-electron chi connectivity index (χ0n) is 18.1. The number of aliphatic imine (C=N–C) groups is 1. The van der Waals surface area contributed by atoms with Crippen molar-refractivity contribution in [2.45, 2.75) is 12.0 Å². The van der Waals surface area contributed by atoms with Crippen molar-refractivity contribution in [1.82, 2.24) is 9.97 Å². The number of aromatic nitrogens is 2. The van der Waals surface area contributed by atoms with Crippen molar-refractivity contribution in [1.29, 1.82) is 5.41 Å². The van der Waals surface area contributed by atoms with Crippen LogP contribution in [0.2, 0.25) is 0 Å². The van der Waals surface area contributed by atoms with E-state index in [0.29, 0.717) is 11.4 Å². The molecule has 0 saturated heterocycles. The number of benzene rings is 2. The number of anilines is 1. The SMILES string of the molecule is CN=CC(C(=N)C(=O)C(Nc1cc(OC)nc(OC)n1)c1ccccc1)c1ccccc1. The summed E-state index contributed by atoms with van der Waals surface area (Å²) in [4.78, 5) is 26.0. The van der Waals surface area contributed by atoms with Gasteiger partial charge < -0.3 is 20.2 Å². The molecule has 8 nitrogen and oxygen atoms in total. The molecular weight excluding hydrogens is 406 g/mol. The molecule has 164 valence electrons. The molecule has 0 fully saturated rings. The maximum absolute atomic E-state index is 13.6. The lowest BCUT2D eigenvalue weighted by Crippen LogP contribution is -2.32. The van der Waals surface area contributed by atoms with Gasteiger partial charge in [-0.15, -0.1) is 0 Å². The fraction of sp³-hybridized carbons (Fsp3) is 0.208. The van der Waals surface area contributed by atoms with Crippen LogP contribution in [-0.2, 0) is 4.79 Å². The fourth-order valence-electron chi connectivity index (χ4n) is 3.21. The highest BCUT2D eigenvalue weighted by atomic mass is 16.5. The molecule has 2 unspecified atom stereocenters. The molecular formula is C24H25N5O3. The third-order valence-electron chi connectivity index (χ3n) is 4.79. The quantitative estimate of drug-likeness (QED) is 0.474. The molecule has 0 amide bonds. The Morgan fingerprint density at radius 1 is 1.00 bits per heavy atom. The van der Waals surface area contributed by atoms with E-state index in [1.165, 1.54) is 14.2 Å². The van der Waals surface area contributed by atoms with Crippen molar-refractivity contribution in [3.05, 3.63) is 77.9 Å². The van der Waals surface area contributed by atoms with Crippen molar-refractivity contribution in [3.63, 3.8) is 0 Å². The van der Waals surface area contributed by atoms with Crippen molar-refractivity contribution >= 4 is 23.5 Å². The van der Waals surface area contributed by atoms with Gasteiger partial charge >= 0.3 is 6.01 Å². The van der Waals surface area contributed by atoms with E-state index in [1.54, 1.807) is 19.3 Å². The number of hydrogen-bond acceptors (Lipinski definition) is 8. The number of carbonyl (C=O) groups is 1. The first-order valence-electron chi connectivity index (χ1n) is 9.95. The zero-order chi connectivity index (χ0) is 22.9. The molecule has 32 heavy (non-hydrogen) atoms. The Morgan fingerprint density at radius 3 is 2.19 bits per heavy atom. The summed E-state index contributed by atoms with van der Waals surface area (Å²) in [5.74, 6) is -0.351. The molecule has 3 aromatic rings. The molecule has 3 rings (SSSR count). The van der Waals surface area contributed by atoms with Crippen molar-refractivity contribution in [3.8, 4) is 11.9 Å². The van der Waals surface area contributed by atoms with E-state index in [0.717, 1.165) is 5.56 Å². The van der Waals surface area contributed by atoms with Gasteiger partial charge in [-0.05, 0) is 11.1 Å². The summed E-state index contributed by atoms with van der Waals surface area (Å²) < 4.78 is 10.3. The van der Waals surface area contributed by atoms with Crippen molar-refractivity contribution in [2.24, 2.45) is 4.99 Å². The van der Waals surface area contributed by atoms with Crippen LogP contribution in [0.4, 0.5) is 5.82 Å². The van der Waals surface area contributed by atoms with Crippen LogP contribution in [-0.4, -0.2) is 48.9 Å². The predicted octanol–water partition coefficient (Wildman–Crippen LogP) is 3.72. The topological polar surface area (TPSA) is 110 Å². The van der Waals surface area contributed by atoms with E-state index in [1.807, 2.05) is 60.7 Å². The van der Waals surface area contributed by atoms with E-state index in [2.05, 4.69) is 20.3 Å². The molecule has 0 bridgehead atoms. The Balaban J connectivity index is 1.99. The molecule has 0 spiro atoms. The summed E-state index contributed by atoms with van der Waals surface area (Å²) in [6.07, 6.45) is 1.61. The standard InChI is InChI=1S/C24H25N5O3/c1-26-15-18(16-10-6-4-7-11-16)21(25)23(30)22(17-12-8-5-9-13-17)27-19-14-20(31-2)29-24(28-19)32-3/h4-15,18,22,25H,1-3H3,(H,27,28,29). The van der Waals surface area contributed by atoms with Crippen LogP contribution >= 0.6 is 0 Å². The highest BCUT2D eigenvalue weighted by Crippen LogP contribution is 2.26. The average Bonchev–Trinajstić information content (AvgIpc) is 2.85. The molecule has 0 aliphatic heterocycles. The second-order valence-corrected chi connectivity index (χ2v) is 6.84. The molecule has 0 saturated carbocycles. The number of hydrogen-bond donors (Lipinski definition) is 2. The van der Waals surface area contributed by atoms with Gasteiger partial charge in [0.15, 0.2) is 0 Å². The number of carbonyl (C=O) groups excluding carboxylic acids is 1. The maximum Gasteiger partial charge on any atom is 0.321 e. The van der Waals surface area contributed by atoms with Crippen molar-refractivity contribution < 1.29 is 14.3 Å². The number of nitrogens with one attached hydrogen (secondary N) is 2. The van der Waals surface area contributed by atoms with Gasteiger partial charge in [0.2, 0.25) is 11.7 Å². The van der Waals surface area contributed by atoms with Crippen LogP contribution in [0.15, 0.2) is 71.7 Å². The smallest absolute Gasteiger partial charge is 0.321 e. The largest absolute Gasteiger partial charge is 0.481 e. The molecule has 2 atom stereocenters. The van der Waals surface area contributed by atoms with Gasteiger partial charge in [-0.25, -0.2) is 0 Å². The minimum absolute atomic E-state index is 0.0869. The van der Waals surface area contributed by atoms with Crippen LogP contribution in [0.3, 0.4) is 0 Å². The van der Waals surface area contributed by atoms with Gasteiger partial charge in [0.25, 0.3) is 0 Å². The first-order valence-corrected chi connectivity index (χ1v) is 9.95. The summed E-state index contributed by atoms with van der Waals surface area (Å²) >= 11 is 0. The van der Waals surface area contributed by atoms with Gasteiger partial charge in [-0.2, -0.15) is 9.97 Å². The lowest BCUT2D eigenvalue weighted by molar-refractivity contribution is -0.113. The molecule has 0 aliphatic rings. The van der Waals surface area contributed by atoms with Gasteiger partial charge in [0.1, 0.15) is 11.9 Å². The summed E-state index contributed by atoms with van der Waals surface area (Å²) in [6.45, 7) is 0. The highest BCUT2D eigenvalue weighted by molar-refractivity contribution is 6.45.